The van der Waals surface area contributed by atoms with E-state index >= 15 is 0 Å². The molecule has 0 saturated carbocycles. The first-order valence-corrected chi connectivity index (χ1v) is 12.9. The Morgan fingerprint density at radius 1 is 1.16 bits per heavy atom. The molecule has 32 heavy (non-hydrogen) atoms. The molecule has 1 aromatic carbocycles. The van der Waals surface area contributed by atoms with E-state index in [0.29, 0.717) is 6.42 Å². The SMILES string of the molecule is CCN(CC)CCCCNC(=O)Cc1csc(-c2cccc(CN3CCN(C)CC3)c2)n1. The van der Waals surface area contributed by atoms with E-state index in [1.54, 1.807) is 11.3 Å². The van der Waals surface area contributed by atoms with Crippen molar-refractivity contribution in [1.82, 2.24) is 25.0 Å². The molecule has 0 bridgehead atoms. The van der Waals surface area contributed by atoms with Gasteiger partial charge in [0.2, 0.25) is 5.91 Å². The van der Waals surface area contributed by atoms with Crippen molar-refractivity contribution in [3.05, 3.63) is 40.9 Å². The van der Waals surface area contributed by atoms with E-state index in [1.807, 2.05) is 5.38 Å². The summed E-state index contributed by atoms with van der Waals surface area (Å²) in [5.74, 6) is 0.0634. The number of thiazole rings is 1. The lowest BCUT2D eigenvalue weighted by Gasteiger charge is -2.32. The van der Waals surface area contributed by atoms with Crippen LogP contribution in [0.15, 0.2) is 29.6 Å². The Kier molecular flexibility index (Phi) is 10.1. The Labute approximate surface area is 197 Å². The van der Waals surface area contributed by atoms with Gasteiger partial charge in [-0.05, 0) is 51.2 Å². The van der Waals surface area contributed by atoms with Crippen LogP contribution in [0.3, 0.4) is 0 Å². The molecule has 2 aromatic rings. The van der Waals surface area contributed by atoms with Crippen molar-refractivity contribution in [2.24, 2.45) is 0 Å². The van der Waals surface area contributed by atoms with E-state index in [9.17, 15) is 4.79 Å². The molecule has 0 aliphatic carbocycles. The molecule has 1 saturated heterocycles. The number of nitrogens with one attached hydrogen (secondary N) is 1. The minimum absolute atomic E-state index is 0.0634. The zero-order chi connectivity index (χ0) is 22.8. The van der Waals surface area contributed by atoms with Gasteiger partial charge in [-0.3, -0.25) is 9.69 Å². The van der Waals surface area contributed by atoms with Gasteiger partial charge >= 0.3 is 0 Å². The third kappa shape index (κ3) is 7.96. The second-order valence-electron chi connectivity index (χ2n) is 8.68. The predicted molar refractivity (Wildman–Crippen MR) is 134 cm³/mol. The Morgan fingerprint density at radius 3 is 2.69 bits per heavy atom. The monoisotopic (exact) mass is 457 g/mol. The maximum atomic E-state index is 12.3. The normalized spacial score (nSPS) is 15.4. The number of likely N-dealkylation sites (N-methyl/N-ethyl adjacent to an activating group) is 1. The van der Waals surface area contributed by atoms with Crippen LogP contribution >= 0.6 is 11.3 Å². The van der Waals surface area contributed by atoms with Gasteiger partial charge in [-0.2, -0.15) is 0 Å². The van der Waals surface area contributed by atoms with Gasteiger partial charge in [-0.25, -0.2) is 4.98 Å². The summed E-state index contributed by atoms with van der Waals surface area (Å²) in [6.07, 6.45) is 2.49. The number of hydrogen-bond donors (Lipinski definition) is 1. The van der Waals surface area contributed by atoms with E-state index in [-0.39, 0.29) is 5.91 Å². The molecule has 1 amide bonds. The number of unbranched alkanes of at least 4 members (excludes halogenated alkanes) is 1. The Morgan fingerprint density at radius 2 is 1.94 bits per heavy atom. The number of rotatable bonds is 12. The summed E-state index contributed by atoms with van der Waals surface area (Å²) < 4.78 is 0. The fourth-order valence-electron chi connectivity index (χ4n) is 4.04. The van der Waals surface area contributed by atoms with Crippen molar-refractivity contribution >= 4 is 17.2 Å². The van der Waals surface area contributed by atoms with Gasteiger partial charge in [-0.1, -0.05) is 32.0 Å². The minimum Gasteiger partial charge on any atom is -0.356 e. The Hall–Kier alpha value is -1.80. The van der Waals surface area contributed by atoms with Crippen LogP contribution in [0.4, 0.5) is 0 Å². The topological polar surface area (TPSA) is 51.7 Å². The zero-order valence-electron chi connectivity index (χ0n) is 20.0. The molecule has 0 spiro atoms. The summed E-state index contributed by atoms with van der Waals surface area (Å²) >= 11 is 1.62. The van der Waals surface area contributed by atoms with Crippen LogP contribution in [0.2, 0.25) is 0 Å². The highest BCUT2D eigenvalue weighted by Crippen LogP contribution is 2.25. The third-order valence-electron chi connectivity index (χ3n) is 6.19. The third-order valence-corrected chi connectivity index (χ3v) is 7.13. The number of piperazine rings is 1. The van der Waals surface area contributed by atoms with Crippen molar-refractivity contribution < 1.29 is 4.79 Å². The van der Waals surface area contributed by atoms with Gasteiger partial charge < -0.3 is 15.1 Å². The number of nitrogens with zero attached hydrogens (tertiary/aromatic N) is 4. The fraction of sp³-hybridized carbons (Fsp3) is 0.600. The van der Waals surface area contributed by atoms with E-state index in [1.165, 1.54) is 5.56 Å². The highest BCUT2D eigenvalue weighted by Gasteiger charge is 2.15. The van der Waals surface area contributed by atoms with Gasteiger partial charge in [0.05, 0.1) is 12.1 Å². The maximum Gasteiger partial charge on any atom is 0.226 e. The van der Waals surface area contributed by atoms with Gasteiger partial charge in [0.1, 0.15) is 5.01 Å². The standard InChI is InChI=1S/C25H39N5OS/c1-4-29(5-2)12-7-6-11-26-24(31)18-23-20-32-25(27-23)22-10-8-9-21(17-22)19-30-15-13-28(3)14-16-30/h8-10,17,20H,4-7,11-16,18-19H2,1-3H3,(H,26,31). The van der Waals surface area contributed by atoms with E-state index in [0.717, 1.165) is 88.0 Å². The molecule has 1 aliphatic rings. The molecule has 1 fully saturated rings. The summed E-state index contributed by atoms with van der Waals surface area (Å²) in [5, 5.41) is 6.05. The molecular formula is C25H39N5OS. The first kappa shape index (κ1) is 24.8. The second-order valence-corrected chi connectivity index (χ2v) is 9.54. The van der Waals surface area contributed by atoms with Crippen LogP contribution in [-0.2, 0) is 17.8 Å². The number of aromatic nitrogens is 1. The molecule has 176 valence electrons. The van der Waals surface area contributed by atoms with Crippen LogP contribution in [-0.4, -0.2) is 85.0 Å². The highest BCUT2D eigenvalue weighted by molar-refractivity contribution is 7.13. The van der Waals surface area contributed by atoms with Crippen LogP contribution < -0.4 is 5.32 Å². The lowest BCUT2D eigenvalue weighted by atomic mass is 10.1. The molecule has 1 aliphatic heterocycles. The smallest absolute Gasteiger partial charge is 0.226 e. The maximum absolute atomic E-state index is 12.3. The molecule has 0 atom stereocenters. The number of amides is 1. The molecule has 6 nitrogen and oxygen atoms in total. The minimum atomic E-state index is 0.0634. The summed E-state index contributed by atoms with van der Waals surface area (Å²) in [7, 11) is 2.19. The van der Waals surface area contributed by atoms with Crippen LogP contribution in [0.25, 0.3) is 10.6 Å². The highest BCUT2D eigenvalue weighted by atomic mass is 32.1. The first-order chi connectivity index (χ1) is 15.6. The molecule has 0 unspecified atom stereocenters. The number of carbonyl (C=O) groups is 1. The molecule has 7 heteroatoms. The van der Waals surface area contributed by atoms with Gasteiger partial charge in [0.15, 0.2) is 0 Å². The Bertz CT molecular complexity index is 827. The lowest BCUT2D eigenvalue weighted by Crippen LogP contribution is -2.43. The van der Waals surface area contributed by atoms with Crippen LogP contribution in [0.1, 0.15) is 37.9 Å². The average Bonchev–Trinajstić information content (AvgIpc) is 3.26. The van der Waals surface area contributed by atoms with Crippen molar-refractivity contribution in [3.63, 3.8) is 0 Å². The molecule has 3 rings (SSSR count). The first-order valence-electron chi connectivity index (χ1n) is 12.0. The fourth-order valence-corrected chi connectivity index (χ4v) is 4.86. The summed E-state index contributed by atoms with van der Waals surface area (Å²) in [6.45, 7) is 13.9. The van der Waals surface area contributed by atoms with Crippen LogP contribution in [0, 0.1) is 0 Å². The second kappa shape index (κ2) is 13.0. The zero-order valence-corrected chi connectivity index (χ0v) is 20.8. The van der Waals surface area contributed by atoms with Crippen molar-refractivity contribution in [2.45, 2.75) is 39.7 Å². The van der Waals surface area contributed by atoms with Crippen molar-refractivity contribution in [3.8, 4) is 10.6 Å². The van der Waals surface area contributed by atoms with Crippen molar-refractivity contribution in [2.75, 3.05) is 59.4 Å². The van der Waals surface area contributed by atoms with E-state index in [4.69, 9.17) is 4.98 Å². The van der Waals surface area contributed by atoms with Crippen LogP contribution in [0.5, 0.6) is 0 Å². The summed E-state index contributed by atoms with van der Waals surface area (Å²) in [5.41, 5.74) is 3.33. The Balaban J connectivity index is 1.44. The number of carbonyl (C=O) groups excluding carboxylic acids is 1. The lowest BCUT2D eigenvalue weighted by molar-refractivity contribution is -0.120. The van der Waals surface area contributed by atoms with E-state index in [2.05, 4.69) is 65.2 Å². The average molecular weight is 458 g/mol. The van der Waals surface area contributed by atoms with Gasteiger partial charge in [0, 0.05) is 50.2 Å². The van der Waals surface area contributed by atoms with Crippen molar-refractivity contribution in [1.29, 1.82) is 0 Å². The predicted octanol–water partition coefficient (Wildman–Crippen LogP) is 3.34. The van der Waals surface area contributed by atoms with Gasteiger partial charge in [-0.15, -0.1) is 11.3 Å². The largest absolute Gasteiger partial charge is 0.356 e. The number of hydrogen-bond acceptors (Lipinski definition) is 6. The quantitative estimate of drug-likeness (QED) is 0.496. The molecular weight excluding hydrogens is 418 g/mol. The molecule has 2 heterocycles. The summed E-state index contributed by atoms with van der Waals surface area (Å²) in [6, 6.07) is 8.68. The molecule has 1 N–H and O–H groups in total. The van der Waals surface area contributed by atoms with E-state index < -0.39 is 0 Å². The molecule has 1 aromatic heterocycles. The number of benzene rings is 1. The summed E-state index contributed by atoms with van der Waals surface area (Å²) in [4.78, 5) is 24.3. The van der Waals surface area contributed by atoms with Gasteiger partial charge in [0.25, 0.3) is 0 Å². The molecule has 0 radical (unpaired) electrons.